The first-order chi connectivity index (χ1) is 14.5. The van der Waals surface area contributed by atoms with E-state index in [1.165, 1.54) is 6.07 Å². The Morgan fingerprint density at radius 3 is 2.63 bits per heavy atom. The monoisotopic (exact) mass is 423 g/mol. The van der Waals surface area contributed by atoms with Gasteiger partial charge in [-0.15, -0.1) is 0 Å². The number of nitrogens with zero attached hydrogens (tertiary/aromatic N) is 1. The number of aromatic nitrogens is 2. The molecule has 1 fully saturated rings. The van der Waals surface area contributed by atoms with E-state index >= 15 is 4.39 Å². The topological polar surface area (TPSA) is 84.0 Å². The number of rotatable bonds is 4. The number of hydrogen-bond donors (Lipinski definition) is 2. The maximum absolute atomic E-state index is 15.0. The van der Waals surface area contributed by atoms with Gasteiger partial charge >= 0.3 is 0 Å². The maximum atomic E-state index is 15.0. The summed E-state index contributed by atoms with van der Waals surface area (Å²) in [6.07, 6.45) is 2.29. The predicted octanol–water partition coefficient (Wildman–Crippen LogP) is 4.39. The fraction of sp³-hybridized carbons (Fsp3) is 0.227. The normalized spacial score (nSPS) is 13.8. The summed E-state index contributed by atoms with van der Waals surface area (Å²) in [7, 11) is 0. The van der Waals surface area contributed by atoms with Gasteiger partial charge in [0.25, 0.3) is 5.56 Å². The van der Waals surface area contributed by atoms with E-state index < -0.39 is 16.8 Å². The van der Waals surface area contributed by atoms with Crippen LogP contribution >= 0.6 is 11.5 Å². The van der Waals surface area contributed by atoms with Crippen molar-refractivity contribution < 1.29 is 9.18 Å². The Morgan fingerprint density at radius 1 is 1.23 bits per heavy atom. The Labute approximate surface area is 174 Å². The number of hydrogen-bond acceptors (Lipinski definition) is 4. The summed E-state index contributed by atoms with van der Waals surface area (Å²) in [6.45, 7) is 1.77. The Morgan fingerprint density at radius 2 is 1.97 bits per heavy atom. The molecule has 1 aliphatic rings. The highest BCUT2D eigenvalue weighted by Crippen LogP contribution is 2.40. The van der Waals surface area contributed by atoms with Crippen LogP contribution in [0.25, 0.3) is 32.2 Å². The van der Waals surface area contributed by atoms with Crippen molar-refractivity contribution in [2.75, 3.05) is 5.32 Å². The van der Waals surface area contributed by atoms with Crippen LogP contribution in [-0.4, -0.2) is 14.8 Å². The third-order valence-corrected chi connectivity index (χ3v) is 6.31. The van der Waals surface area contributed by atoms with E-state index in [9.17, 15) is 14.4 Å². The van der Waals surface area contributed by atoms with Crippen molar-refractivity contribution in [2.45, 2.75) is 32.2 Å². The molecule has 2 heterocycles. The molecule has 0 atom stereocenters. The van der Waals surface area contributed by atoms with Crippen molar-refractivity contribution in [3.8, 4) is 11.1 Å². The van der Waals surface area contributed by atoms with E-state index in [0.717, 1.165) is 24.4 Å². The summed E-state index contributed by atoms with van der Waals surface area (Å²) in [5.41, 5.74) is 1.41. The molecule has 0 unspecified atom stereocenters. The van der Waals surface area contributed by atoms with E-state index in [-0.39, 0.29) is 22.7 Å². The molecule has 0 aliphatic heterocycles. The molecule has 1 saturated carbocycles. The van der Waals surface area contributed by atoms with Crippen molar-refractivity contribution in [3.05, 3.63) is 62.8 Å². The summed E-state index contributed by atoms with van der Waals surface area (Å²) >= 11 is 1.15. The van der Waals surface area contributed by atoms with Crippen LogP contribution < -0.4 is 16.3 Å². The summed E-state index contributed by atoms with van der Waals surface area (Å²) < 4.78 is 19.7. The number of aromatic amines is 1. The number of carbonyl (C=O) groups excluding carboxylic acids is 1. The quantitative estimate of drug-likeness (QED) is 0.510. The molecule has 1 amide bonds. The third-order valence-electron chi connectivity index (χ3n) is 5.43. The van der Waals surface area contributed by atoms with Crippen LogP contribution in [0.5, 0.6) is 0 Å². The number of nitrogens with one attached hydrogen (secondary N) is 2. The van der Waals surface area contributed by atoms with E-state index in [2.05, 4.69) is 9.69 Å². The van der Waals surface area contributed by atoms with Crippen LogP contribution in [0.2, 0.25) is 0 Å². The lowest BCUT2D eigenvalue weighted by molar-refractivity contribution is -0.115. The zero-order valence-electron chi connectivity index (χ0n) is 16.1. The van der Waals surface area contributed by atoms with Crippen LogP contribution in [0.1, 0.15) is 32.2 Å². The number of fused-ring (bicyclic) bond motifs is 2. The van der Waals surface area contributed by atoms with Crippen molar-refractivity contribution in [2.24, 2.45) is 0 Å². The summed E-state index contributed by atoms with van der Waals surface area (Å²) in [4.78, 5) is 37.2. The molecule has 0 bridgehead atoms. The smallest absolute Gasteiger partial charge is 0.271 e. The van der Waals surface area contributed by atoms with Gasteiger partial charge in [-0.05, 0) is 54.2 Å². The molecule has 152 valence electrons. The SMILES string of the molecule is CCC(=O)Nc1ccc(-c2cc3c(cc2F)c(=O)c2c(=O)[nH]sc2n3C2CC2)cc1. The maximum Gasteiger partial charge on any atom is 0.271 e. The molecular weight excluding hydrogens is 405 g/mol. The number of pyridine rings is 1. The Bertz CT molecular complexity index is 1430. The fourth-order valence-electron chi connectivity index (χ4n) is 3.75. The van der Waals surface area contributed by atoms with Crippen LogP contribution in [0, 0.1) is 5.82 Å². The second-order valence-electron chi connectivity index (χ2n) is 7.47. The number of amides is 1. The Balaban J connectivity index is 1.71. The van der Waals surface area contributed by atoms with E-state index in [4.69, 9.17) is 0 Å². The molecule has 0 saturated heterocycles. The standard InChI is InChI=1S/C22H18FN3O3S/c1-2-18(27)24-12-5-3-11(4-6-12)14-10-17-15(9-16(14)23)20(28)19-21(29)25-30-22(19)26(17)13-7-8-13/h3-6,9-10,13H,2,7-8H2,1H3,(H,24,27)(H,25,29). The second kappa shape index (κ2) is 6.91. The zero-order valence-corrected chi connectivity index (χ0v) is 16.9. The molecule has 8 heteroatoms. The first-order valence-electron chi connectivity index (χ1n) is 9.77. The summed E-state index contributed by atoms with van der Waals surface area (Å²) in [5.74, 6) is -0.624. The molecule has 2 aromatic carbocycles. The van der Waals surface area contributed by atoms with Crippen molar-refractivity contribution in [1.29, 1.82) is 0 Å². The van der Waals surface area contributed by atoms with Crippen molar-refractivity contribution in [1.82, 2.24) is 8.94 Å². The molecule has 0 radical (unpaired) electrons. The third kappa shape index (κ3) is 2.95. The number of halogens is 1. The van der Waals surface area contributed by atoms with Crippen LogP contribution in [0.3, 0.4) is 0 Å². The van der Waals surface area contributed by atoms with Gasteiger partial charge in [0.15, 0.2) is 0 Å². The first kappa shape index (κ1) is 18.7. The molecule has 6 nitrogen and oxygen atoms in total. The molecule has 30 heavy (non-hydrogen) atoms. The van der Waals surface area contributed by atoms with Gasteiger partial charge in [0.05, 0.1) is 5.52 Å². The lowest BCUT2D eigenvalue weighted by atomic mass is 10.0. The van der Waals surface area contributed by atoms with Crippen LogP contribution in [-0.2, 0) is 4.79 Å². The lowest BCUT2D eigenvalue weighted by Gasteiger charge is -2.14. The second-order valence-corrected chi connectivity index (χ2v) is 8.27. The number of benzene rings is 2. The molecule has 4 aromatic rings. The van der Waals surface area contributed by atoms with E-state index in [1.807, 2.05) is 4.57 Å². The van der Waals surface area contributed by atoms with E-state index in [1.54, 1.807) is 37.3 Å². The van der Waals surface area contributed by atoms with Crippen molar-refractivity contribution >= 4 is 44.2 Å². The van der Waals surface area contributed by atoms with Gasteiger partial charge in [-0.1, -0.05) is 19.1 Å². The molecule has 2 N–H and O–H groups in total. The van der Waals surface area contributed by atoms with Gasteiger partial charge in [0, 0.05) is 29.1 Å². The summed E-state index contributed by atoms with van der Waals surface area (Å²) in [6, 6.07) is 10.0. The van der Waals surface area contributed by atoms with Crippen molar-refractivity contribution in [3.63, 3.8) is 0 Å². The highest BCUT2D eigenvalue weighted by atomic mass is 32.1. The van der Waals surface area contributed by atoms with Gasteiger partial charge < -0.3 is 9.88 Å². The highest BCUT2D eigenvalue weighted by Gasteiger charge is 2.29. The van der Waals surface area contributed by atoms with E-state index in [0.29, 0.717) is 33.6 Å². The largest absolute Gasteiger partial charge is 0.328 e. The number of anilines is 1. The number of H-pyrrole nitrogens is 1. The average molecular weight is 423 g/mol. The predicted molar refractivity (Wildman–Crippen MR) is 117 cm³/mol. The minimum absolute atomic E-state index is 0.0948. The zero-order chi connectivity index (χ0) is 21.0. The van der Waals surface area contributed by atoms with Crippen LogP contribution in [0.15, 0.2) is 46.0 Å². The van der Waals surface area contributed by atoms with Crippen LogP contribution in [0.4, 0.5) is 10.1 Å². The first-order valence-corrected chi connectivity index (χ1v) is 10.6. The van der Waals surface area contributed by atoms with Gasteiger partial charge in [-0.3, -0.25) is 18.8 Å². The Hall–Kier alpha value is -3.26. The molecular formula is C22H18FN3O3S. The summed E-state index contributed by atoms with van der Waals surface area (Å²) in [5, 5.41) is 3.08. The highest BCUT2D eigenvalue weighted by molar-refractivity contribution is 7.12. The van der Waals surface area contributed by atoms with Gasteiger partial charge in [-0.2, -0.15) is 0 Å². The lowest BCUT2D eigenvalue weighted by Crippen LogP contribution is -2.15. The molecule has 2 aromatic heterocycles. The molecule has 0 spiro atoms. The average Bonchev–Trinajstić information content (AvgIpc) is 3.50. The Kier molecular flexibility index (Phi) is 4.32. The minimum Gasteiger partial charge on any atom is -0.328 e. The molecule has 1 aliphatic carbocycles. The minimum atomic E-state index is -0.529. The molecule has 5 rings (SSSR count). The number of carbonyl (C=O) groups is 1. The van der Waals surface area contributed by atoms with Gasteiger partial charge in [0.2, 0.25) is 11.3 Å². The fourth-order valence-corrected chi connectivity index (χ4v) is 4.67. The van der Waals surface area contributed by atoms with Gasteiger partial charge in [-0.25, -0.2) is 4.39 Å². The van der Waals surface area contributed by atoms with Gasteiger partial charge in [0.1, 0.15) is 16.0 Å².